The molecule has 112 valence electrons. The summed E-state index contributed by atoms with van der Waals surface area (Å²) in [7, 11) is 0. The van der Waals surface area contributed by atoms with Gasteiger partial charge in [-0.15, -0.1) is 11.3 Å². The van der Waals surface area contributed by atoms with Gasteiger partial charge in [-0.3, -0.25) is 5.32 Å². The zero-order valence-electron chi connectivity index (χ0n) is 12.1. The lowest BCUT2D eigenvalue weighted by atomic mass is 10.0. The second-order valence-electron chi connectivity index (χ2n) is 4.92. The summed E-state index contributed by atoms with van der Waals surface area (Å²) in [6.45, 7) is 1.96. The Labute approximate surface area is 131 Å². The molecular formula is C16H15N3O2S. The van der Waals surface area contributed by atoms with Crippen LogP contribution in [0.1, 0.15) is 12.5 Å². The van der Waals surface area contributed by atoms with Gasteiger partial charge in [-0.25, -0.2) is 4.98 Å². The number of hydrogen-bond acceptors (Lipinski definition) is 5. The molecule has 2 N–H and O–H groups in total. The van der Waals surface area contributed by atoms with Crippen molar-refractivity contribution in [3.05, 3.63) is 41.5 Å². The third-order valence-corrected chi connectivity index (χ3v) is 4.42. The van der Waals surface area contributed by atoms with Gasteiger partial charge in [0.2, 0.25) is 5.82 Å². The van der Waals surface area contributed by atoms with Gasteiger partial charge in [0.15, 0.2) is 0 Å². The summed E-state index contributed by atoms with van der Waals surface area (Å²) in [6.07, 6.45) is 2.46. The topological polar surface area (TPSA) is 82.5 Å². The molecule has 0 aliphatic carbocycles. The quantitative estimate of drug-likeness (QED) is 0.757. The molecule has 0 radical (unpaired) electrons. The zero-order chi connectivity index (χ0) is 15.5. The highest BCUT2D eigenvalue weighted by atomic mass is 32.1. The van der Waals surface area contributed by atoms with Crippen molar-refractivity contribution in [1.29, 1.82) is 0 Å². The first-order chi connectivity index (χ1) is 10.7. The van der Waals surface area contributed by atoms with E-state index in [-0.39, 0.29) is 6.54 Å². The minimum absolute atomic E-state index is 0.157. The second-order valence-corrected chi connectivity index (χ2v) is 5.78. The van der Waals surface area contributed by atoms with Gasteiger partial charge < -0.3 is 9.90 Å². The fraction of sp³-hybridized carbons (Fsp3) is 0.188. The lowest BCUT2D eigenvalue weighted by molar-refractivity contribution is -0.571. The van der Waals surface area contributed by atoms with E-state index in [0.717, 1.165) is 27.8 Å². The summed E-state index contributed by atoms with van der Waals surface area (Å²) >= 11 is 1.53. The number of nitrogens with two attached hydrogens (primary N) is 1. The lowest BCUT2D eigenvalue weighted by Crippen LogP contribution is -2.81. The van der Waals surface area contributed by atoms with Crippen molar-refractivity contribution in [2.24, 2.45) is 0 Å². The molecule has 0 saturated carbocycles. The molecule has 0 spiro atoms. The number of carboxylic acid groups (broad SMARTS) is 1. The molecule has 0 amide bonds. The Kier molecular flexibility index (Phi) is 4.13. The number of carbonyl (C=O) groups is 1. The van der Waals surface area contributed by atoms with Crippen molar-refractivity contribution in [2.45, 2.75) is 13.3 Å². The maximum atomic E-state index is 10.7. The van der Waals surface area contributed by atoms with Crippen LogP contribution in [0, 0.1) is 0 Å². The van der Waals surface area contributed by atoms with Gasteiger partial charge in [0.1, 0.15) is 23.1 Å². The summed E-state index contributed by atoms with van der Waals surface area (Å²) in [6, 6.07) is 8.37. The molecule has 3 aromatic rings. The monoisotopic (exact) mass is 313 g/mol. The van der Waals surface area contributed by atoms with Gasteiger partial charge in [0, 0.05) is 10.9 Å². The Bertz CT molecular complexity index is 812. The number of quaternary nitrogens is 1. The van der Waals surface area contributed by atoms with Crippen LogP contribution in [-0.4, -0.2) is 22.5 Å². The molecule has 2 heterocycles. The smallest absolute Gasteiger partial charge is 0.237 e. The maximum Gasteiger partial charge on any atom is 0.237 e. The van der Waals surface area contributed by atoms with Gasteiger partial charge in [0.25, 0.3) is 0 Å². The van der Waals surface area contributed by atoms with Crippen LogP contribution in [0.2, 0.25) is 0 Å². The number of aryl methyl sites for hydroxylation is 1. The fourth-order valence-electron chi connectivity index (χ4n) is 2.37. The van der Waals surface area contributed by atoms with E-state index in [2.05, 4.69) is 41.2 Å². The van der Waals surface area contributed by atoms with E-state index in [9.17, 15) is 9.90 Å². The number of hydrogen-bond donors (Lipinski definition) is 1. The van der Waals surface area contributed by atoms with Crippen LogP contribution in [0.15, 0.2) is 36.0 Å². The molecule has 0 aliphatic heterocycles. The van der Waals surface area contributed by atoms with Gasteiger partial charge in [-0.2, -0.15) is 4.98 Å². The van der Waals surface area contributed by atoms with Crippen molar-refractivity contribution in [1.82, 2.24) is 9.97 Å². The lowest BCUT2D eigenvalue weighted by Gasteiger charge is -2.05. The van der Waals surface area contributed by atoms with Crippen molar-refractivity contribution >= 4 is 33.3 Å². The first-order valence-electron chi connectivity index (χ1n) is 7.03. The largest absolute Gasteiger partial charge is 0.544 e. The number of benzene rings is 1. The fourth-order valence-corrected chi connectivity index (χ4v) is 3.29. The first-order valence-corrected chi connectivity index (χ1v) is 7.91. The highest BCUT2D eigenvalue weighted by Crippen LogP contribution is 2.35. The van der Waals surface area contributed by atoms with Gasteiger partial charge in [-0.05, 0) is 17.5 Å². The van der Waals surface area contributed by atoms with E-state index >= 15 is 0 Å². The summed E-state index contributed by atoms with van der Waals surface area (Å²) < 4.78 is 0. The first kappa shape index (κ1) is 14.6. The van der Waals surface area contributed by atoms with Crippen LogP contribution in [0.3, 0.4) is 0 Å². The summed E-state index contributed by atoms with van der Waals surface area (Å²) in [5.74, 6) is -0.471. The average molecular weight is 313 g/mol. The van der Waals surface area contributed by atoms with Gasteiger partial charge in [0.05, 0.1) is 5.97 Å². The third-order valence-electron chi connectivity index (χ3n) is 3.53. The van der Waals surface area contributed by atoms with Crippen LogP contribution in [0.25, 0.3) is 21.3 Å². The SMILES string of the molecule is CCc1ccc(-c2csc3ncnc([NH2+]CC(=O)[O-])c23)cc1. The molecule has 5 nitrogen and oxygen atoms in total. The van der Waals surface area contributed by atoms with Crippen molar-refractivity contribution < 1.29 is 15.2 Å². The molecule has 6 heteroatoms. The van der Waals surface area contributed by atoms with E-state index in [1.54, 1.807) is 5.32 Å². The number of fused-ring (bicyclic) bond motifs is 1. The predicted molar refractivity (Wildman–Crippen MR) is 83.7 cm³/mol. The summed E-state index contributed by atoms with van der Waals surface area (Å²) in [4.78, 5) is 20.0. The minimum atomic E-state index is -1.11. The molecule has 0 atom stereocenters. The van der Waals surface area contributed by atoms with Gasteiger partial charge in [-0.1, -0.05) is 31.2 Å². The van der Waals surface area contributed by atoms with Crippen LogP contribution in [0.4, 0.5) is 5.82 Å². The molecule has 0 aliphatic rings. The van der Waals surface area contributed by atoms with Crippen molar-refractivity contribution in [2.75, 3.05) is 6.54 Å². The second kappa shape index (κ2) is 6.21. The molecule has 0 fully saturated rings. The molecule has 0 bridgehead atoms. The Morgan fingerprint density at radius 3 is 2.73 bits per heavy atom. The number of carboxylic acids is 1. The number of aliphatic carboxylic acids is 1. The minimum Gasteiger partial charge on any atom is -0.544 e. The molecule has 2 aromatic heterocycles. The molecule has 3 rings (SSSR count). The van der Waals surface area contributed by atoms with Crippen molar-refractivity contribution in [3.8, 4) is 11.1 Å². The number of thiophene rings is 1. The number of rotatable bonds is 5. The molecular weight excluding hydrogens is 298 g/mol. The molecule has 1 aromatic carbocycles. The maximum absolute atomic E-state index is 10.7. The Morgan fingerprint density at radius 1 is 1.27 bits per heavy atom. The van der Waals surface area contributed by atoms with Crippen LogP contribution in [0.5, 0.6) is 0 Å². The number of nitrogens with zero attached hydrogens (tertiary/aromatic N) is 2. The van der Waals surface area contributed by atoms with Gasteiger partial charge >= 0.3 is 0 Å². The highest BCUT2D eigenvalue weighted by Gasteiger charge is 2.15. The number of aromatic nitrogens is 2. The van der Waals surface area contributed by atoms with Crippen LogP contribution >= 0.6 is 11.3 Å². The van der Waals surface area contributed by atoms with Crippen LogP contribution < -0.4 is 10.4 Å². The molecule has 22 heavy (non-hydrogen) atoms. The Hall–Kier alpha value is -2.31. The normalized spacial score (nSPS) is 11.0. The third kappa shape index (κ3) is 2.84. The predicted octanol–water partition coefficient (Wildman–Crippen LogP) is 0.865. The van der Waals surface area contributed by atoms with E-state index in [4.69, 9.17) is 0 Å². The number of carbonyl (C=O) groups excluding carboxylic acids is 1. The van der Waals surface area contributed by atoms with Crippen LogP contribution in [-0.2, 0) is 11.2 Å². The molecule has 0 unspecified atom stereocenters. The van der Waals surface area contributed by atoms with E-state index < -0.39 is 5.97 Å². The van der Waals surface area contributed by atoms with E-state index in [1.807, 2.05) is 5.38 Å². The zero-order valence-corrected chi connectivity index (χ0v) is 12.9. The standard InChI is InChI=1S/C16H15N3O2S/c1-2-10-3-5-11(6-4-10)12-8-22-16-14(12)15(18-9-19-16)17-7-13(20)21/h3-6,8-9H,2,7H2,1H3,(H,20,21)(H,17,18,19). The summed E-state index contributed by atoms with van der Waals surface area (Å²) in [5, 5.41) is 15.2. The molecule has 0 saturated heterocycles. The summed E-state index contributed by atoms with van der Waals surface area (Å²) in [5.41, 5.74) is 3.40. The van der Waals surface area contributed by atoms with E-state index in [0.29, 0.717) is 5.82 Å². The van der Waals surface area contributed by atoms with E-state index in [1.165, 1.54) is 23.2 Å². The Morgan fingerprint density at radius 2 is 2.05 bits per heavy atom. The Balaban J connectivity index is 2.07. The highest BCUT2D eigenvalue weighted by molar-refractivity contribution is 7.17. The average Bonchev–Trinajstić information content (AvgIpc) is 2.97. The van der Waals surface area contributed by atoms with Crippen molar-refractivity contribution in [3.63, 3.8) is 0 Å².